The molecule has 6 heteroatoms. The van der Waals surface area contributed by atoms with Crippen molar-refractivity contribution in [2.45, 2.75) is 6.04 Å². The number of nitrogens with one attached hydrogen (secondary N) is 1. The summed E-state index contributed by atoms with van der Waals surface area (Å²) in [6, 6.07) is 7.69. The molecule has 0 spiro atoms. The fourth-order valence-electron chi connectivity index (χ4n) is 1.86. The second-order valence-corrected chi connectivity index (χ2v) is 4.20. The Morgan fingerprint density at radius 2 is 2.10 bits per heavy atom. The summed E-state index contributed by atoms with van der Waals surface area (Å²) in [4.78, 5) is 27.3. The van der Waals surface area contributed by atoms with Crippen LogP contribution in [0, 0.1) is 0 Å². The summed E-state index contributed by atoms with van der Waals surface area (Å²) in [5.74, 6) is -1.63. The van der Waals surface area contributed by atoms with Gasteiger partial charge in [-0.2, -0.15) is 0 Å². The maximum Gasteiger partial charge on any atom is 0.328 e. The van der Waals surface area contributed by atoms with E-state index in [1.807, 2.05) is 12.1 Å². The standard InChI is InChI=1S/C14H14N2O4/c1-20-8-11(14(18)19)16-13(17)10-6-2-4-9-5-3-7-15-12(9)10/h2-7,11H,8H2,1H3,(H,16,17)(H,18,19). The number of fused-ring (bicyclic) bond motifs is 1. The van der Waals surface area contributed by atoms with Crippen LogP contribution in [0.4, 0.5) is 0 Å². The molecule has 1 atom stereocenters. The van der Waals surface area contributed by atoms with Crippen LogP contribution in [-0.2, 0) is 9.53 Å². The lowest BCUT2D eigenvalue weighted by Gasteiger charge is -2.14. The summed E-state index contributed by atoms with van der Waals surface area (Å²) in [6.07, 6.45) is 1.59. The maximum atomic E-state index is 12.2. The third-order valence-corrected chi connectivity index (χ3v) is 2.81. The van der Waals surface area contributed by atoms with Gasteiger partial charge in [0, 0.05) is 18.7 Å². The van der Waals surface area contributed by atoms with Crippen molar-refractivity contribution in [3.05, 3.63) is 42.1 Å². The van der Waals surface area contributed by atoms with E-state index in [9.17, 15) is 9.59 Å². The number of rotatable bonds is 5. The van der Waals surface area contributed by atoms with Crippen molar-refractivity contribution in [1.82, 2.24) is 10.3 Å². The van der Waals surface area contributed by atoms with Gasteiger partial charge in [0.25, 0.3) is 5.91 Å². The third kappa shape index (κ3) is 2.92. The molecule has 0 radical (unpaired) electrons. The van der Waals surface area contributed by atoms with Crippen LogP contribution in [0.2, 0.25) is 0 Å². The molecule has 1 aromatic carbocycles. The number of hydrogen-bond acceptors (Lipinski definition) is 4. The predicted molar refractivity (Wildman–Crippen MR) is 72.5 cm³/mol. The Morgan fingerprint density at radius 1 is 1.35 bits per heavy atom. The van der Waals surface area contributed by atoms with Gasteiger partial charge >= 0.3 is 5.97 Å². The van der Waals surface area contributed by atoms with Gasteiger partial charge in [-0.05, 0) is 12.1 Å². The highest BCUT2D eigenvalue weighted by Crippen LogP contribution is 2.15. The molecule has 2 aromatic rings. The van der Waals surface area contributed by atoms with Crippen LogP contribution in [0.15, 0.2) is 36.5 Å². The van der Waals surface area contributed by atoms with Crippen molar-refractivity contribution in [2.75, 3.05) is 13.7 Å². The number of nitrogens with zero attached hydrogens (tertiary/aromatic N) is 1. The number of carbonyl (C=O) groups excluding carboxylic acids is 1. The molecule has 2 rings (SSSR count). The highest BCUT2D eigenvalue weighted by molar-refractivity contribution is 6.06. The summed E-state index contributed by atoms with van der Waals surface area (Å²) in [5, 5.41) is 12.2. The Hall–Kier alpha value is -2.47. The smallest absolute Gasteiger partial charge is 0.328 e. The van der Waals surface area contributed by atoms with E-state index in [1.54, 1.807) is 24.4 Å². The normalized spacial score (nSPS) is 12.1. The van der Waals surface area contributed by atoms with Gasteiger partial charge in [0.1, 0.15) is 0 Å². The number of ether oxygens (including phenoxy) is 1. The second-order valence-electron chi connectivity index (χ2n) is 4.20. The summed E-state index contributed by atoms with van der Waals surface area (Å²) >= 11 is 0. The molecular weight excluding hydrogens is 260 g/mol. The molecule has 0 aliphatic rings. The number of para-hydroxylation sites is 1. The molecule has 0 saturated carbocycles. The van der Waals surface area contributed by atoms with Crippen molar-refractivity contribution in [2.24, 2.45) is 0 Å². The van der Waals surface area contributed by atoms with E-state index in [1.165, 1.54) is 7.11 Å². The summed E-state index contributed by atoms with van der Waals surface area (Å²) in [6.45, 7) is -0.0979. The van der Waals surface area contributed by atoms with Gasteiger partial charge in [0.15, 0.2) is 6.04 Å². The molecule has 0 saturated heterocycles. The van der Waals surface area contributed by atoms with E-state index in [0.717, 1.165) is 5.39 Å². The lowest BCUT2D eigenvalue weighted by Crippen LogP contribution is -2.43. The molecule has 2 N–H and O–H groups in total. The maximum absolute atomic E-state index is 12.2. The summed E-state index contributed by atoms with van der Waals surface area (Å²) in [5.41, 5.74) is 0.875. The largest absolute Gasteiger partial charge is 0.480 e. The quantitative estimate of drug-likeness (QED) is 0.851. The first-order chi connectivity index (χ1) is 9.63. The molecule has 104 valence electrons. The van der Waals surface area contributed by atoms with E-state index >= 15 is 0 Å². The molecule has 6 nitrogen and oxygen atoms in total. The average Bonchev–Trinajstić information content (AvgIpc) is 2.46. The fourth-order valence-corrected chi connectivity index (χ4v) is 1.86. The Balaban J connectivity index is 2.29. The Kier molecular flexibility index (Phi) is 4.27. The van der Waals surface area contributed by atoms with Crippen molar-refractivity contribution >= 4 is 22.8 Å². The van der Waals surface area contributed by atoms with Crippen LogP contribution in [0.1, 0.15) is 10.4 Å². The van der Waals surface area contributed by atoms with Gasteiger partial charge in [-0.15, -0.1) is 0 Å². The van der Waals surface area contributed by atoms with Crippen LogP contribution in [0.5, 0.6) is 0 Å². The lowest BCUT2D eigenvalue weighted by molar-refractivity contribution is -0.140. The minimum Gasteiger partial charge on any atom is -0.480 e. The lowest BCUT2D eigenvalue weighted by atomic mass is 10.1. The molecule has 1 amide bonds. The van der Waals surface area contributed by atoms with Gasteiger partial charge in [0.05, 0.1) is 17.7 Å². The number of amides is 1. The highest BCUT2D eigenvalue weighted by atomic mass is 16.5. The van der Waals surface area contributed by atoms with Crippen molar-refractivity contribution in [1.29, 1.82) is 0 Å². The van der Waals surface area contributed by atoms with E-state index in [-0.39, 0.29) is 6.61 Å². The molecule has 1 aromatic heterocycles. The molecule has 0 bridgehead atoms. The number of pyridine rings is 1. The molecular formula is C14H14N2O4. The van der Waals surface area contributed by atoms with Crippen LogP contribution in [-0.4, -0.2) is 41.7 Å². The number of carboxylic acids is 1. The van der Waals surface area contributed by atoms with Crippen LogP contribution in [0.25, 0.3) is 10.9 Å². The number of carboxylic acid groups (broad SMARTS) is 1. The number of benzene rings is 1. The molecule has 1 heterocycles. The molecule has 1 unspecified atom stereocenters. The molecule has 20 heavy (non-hydrogen) atoms. The van der Waals surface area contributed by atoms with Crippen molar-refractivity contribution in [3.63, 3.8) is 0 Å². The first kappa shape index (κ1) is 14.0. The Bertz CT molecular complexity index is 637. The highest BCUT2D eigenvalue weighted by Gasteiger charge is 2.21. The zero-order valence-corrected chi connectivity index (χ0v) is 10.9. The Labute approximate surface area is 115 Å². The zero-order valence-electron chi connectivity index (χ0n) is 10.9. The minimum atomic E-state index is -1.15. The number of aliphatic carboxylic acids is 1. The van der Waals surface area contributed by atoms with E-state index in [0.29, 0.717) is 11.1 Å². The van der Waals surface area contributed by atoms with E-state index in [4.69, 9.17) is 9.84 Å². The molecule has 0 aliphatic carbocycles. The van der Waals surface area contributed by atoms with Gasteiger partial charge in [-0.25, -0.2) is 4.79 Å². The van der Waals surface area contributed by atoms with Gasteiger partial charge in [-0.3, -0.25) is 9.78 Å². The minimum absolute atomic E-state index is 0.0979. The third-order valence-electron chi connectivity index (χ3n) is 2.81. The van der Waals surface area contributed by atoms with Gasteiger partial charge in [0.2, 0.25) is 0 Å². The van der Waals surface area contributed by atoms with Crippen LogP contribution in [0.3, 0.4) is 0 Å². The Morgan fingerprint density at radius 3 is 2.80 bits per heavy atom. The molecule has 0 aliphatic heterocycles. The van der Waals surface area contributed by atoms with E-state index in [2.05, 4.69) is 10.3 Å². The summed E-state index contributed by atoms with van der Waals surface area (Å²) < 4.78 is 4.78. The summed E-state index contributed by atoms with van der Waals surface area (Å²) in [7, 11) is 1.38. The van der Waals surface area contributed by atoms with Crippen LogP contribution < -0.4 is 5.32 Å². The average molecular weight is 274 g/mol. The zero-order chi connectivity index (χ0) is 14.5. The first-order valence-electron chi connectivity index (χ1n) is 6.00. The van der Waals surface area contributed by atoms with Gasteiger partial charge < -0.3 is 15.2 Å². The fraction of sp³-hybridized carbons (Fsp3) is 0.214. The monoisotopic (exact) mass is 274 g/mol. The van der Waals surface area contributed by atoms with Crippen LogP contribution >= 0.6 is 0 Å². The van der Waals surface area contributed by atoms with Crippen molar-refractivity contribution < 1.29 is 19.4 Å². The van der Waals surface area contributed by atoms with Crippen molar-refractivity contribution in [3.8, 4) is 0 Å². The topological polar surface area (TPSA) is 88.5 Å². The SMILES string of the molecule is COCC(NC(=O)c1cccc2cccnc12)C(=O)O. The van der Waals surface area contributed by atoms with E-state index < -0.39 is 17.9 Å². The number of hydrogen-bond donors (Lipinski definition) is 2. The second kappa shape index (κ2) is 6.12. The number of methoxy groups -OCH3 is 1. The van der Waals surface area contributed by atoms with Gasteiger partial charge in [-0.1, -0.05) is 18.2 Å². The molecule has 0 fully saturated rings. The number of aromatic nitrogens is 1. The number of carbonyl (C=O) groups is 2. The first-order valence-corrected chi connectivity index (χ1v) is 6.00. The predicted octanol–water partition coefficient (Wildman–Crippen LogP) is 1.06.